The highest BCUT2D eigenvalue weighted by Crippen LogP contribution is 2.35. The predicted octanol–water partition coefficient (Wildman–Crippen LogP) is 4.11. The average Bonchev–Trinajstić information content (AvgIpc) is 2.68. The molecular formula is C21H31NO4. The summed E-state index contributed by atoms with van der Waals surface area (Å²) in [7, 11) is 4.69. The molecule has 1 atom stereocenters. The average molecular weight is 361 g/mol. The summed E-state index contributed by atoms with van der Waals surface area (Å²) in [4.78, 5) is 15.3. The summed E-state index contributed by atoms with van der Waals surface area (Å²) in [5.41, 5.74) is 0.497. The Hall–Kier alpha value is -2.01. The molecule has 2 rings (SSSR count). The van der Waals surface area contributed by atoms with E-state index in [-0.39, 0.29) is 5.78 Å². The molecule has 1 unspecified atom stereocenters. The lowest BCUT2D eigenvalue weighted by molar-refractivity contribution is 0.0955. The summed E-state index contributed by atoms with van der Waals surface area (Å²) < 4.78 is 16.0. The van der Waals surface area contributed by atoms with Crippen molar-refractivity contribution < 1.29 is 19.0 Å². The van der Waals surface area contributed by atoms with Gasteiger partial charge in [-0.1, -0.05) is 12.5 Å². The van der Waals surface area contributed by atoms with Crippen LogP contribution in [0.3, 0.4) is 0 Å². The zero-order valence-corrected chi connectivity index (χ0v) is 16.3. The molecule has 1 aliphatic rings. The lowest BCUT2D eigenvalue weighted by atomic mass is 9.98. The number of carbonyl (C=O) groups excluding carboxylic acids is 1. The largest absolute Gasteiger partial charge is 0.496 e. The van der Waals surface area contributed by atoms with Crippen LogP contribution in [-0.2, 0) is 0 Å². The van der Waals surface area contributed by atoms with Crippen LogP contribution < -0.4 is 14.2 Å². The highest BCUT2D eigenvalue weighted by molar-refractivity contribution is 6.01. The highest BCUT2D eigenvalue weighted by Gasteiger charge is 2.23. The molecule has 0 spiro atoms. The summed E-state index contributed by atoms with van der Waals surface area (Å²) >= 11 is 0. The van der Waals surface area contributed by atoms with E-state index in [0.717, 1.165) is 25.9 Å². The van der Waals surface area contributed by atoms with Gasteiger partial charge in [-0.05, 0) is 38.8 Å². The van der Waals surface area contributed by atoms with E-state index in [2.05, 4.69) is 11.5 Å². The van der Waals surface area contributed by atoms with Gasteiger partial charge in [0, 0.05) is 24.6 Å². The molecule has 1 aromatic carbocycles. The number of ketones is 1. The van der Waals surface area contributed by atoms with Crippen LogP contribution in [-0.4, -0.2) is 51.1 Å². The second-order valence-electron chi connectivity index (χ2n) is 6.64. The normalized spacial score (nSPS) is 17.6. The van der Waals surface area contributed by atoms with Crippen molar-refractivity contribution in [2.24, 2.45) is 0 Å². The Balaban J connectivity index is 2.02. The Morgan fingerprint density at radius 3 is 2.46 bits per heavy atom. The standard InChI is InChI=1S/C21H31NO4/c1-5-9-16-10-6-7-12-22(16)13-8-11-18(23)21-19(25-3)14-17(24-2)15-20(21)26-4/h5,14-16H,1,6-13H2,2-4H3. The van der Waals surface area contributed by atoms with Crippen LogP contribution in [0, 0.1) is 0 Å². The molecule has 1 heterocycles. The fourth-order valence-corrected chi connectivity index (χ4v) is 3.66. The fraction of sp³-hybridized carbons (Fsp3) is 0.571. The first-order chi connectivity index (χ1) is 12.6. The number of hydrogen-bond acceptors (Lipinski definition) is 5. The molecule has 5 nitrogen and oxygen atoms in total. The Morgan fingerprint density at radius 1 is 1.19 bits per heavy atom. The SMILES string of the molecule is C=CCC1CCCCN1CCCC(=O)c1c(OC)cc(OC)cc1OC. The first kappa shape index (κ1) is 20.3. The lowest BCUT2D eigenvalue weighted by Crippen LogP contribution is -2.39. The van der Waals surface area contributed by atoms with E-state index in [1.54, 1.807) is 33.5 Å². The minimum atomic E-state index is 0.0404. The number of likely N-dealkylation sites (tertiary alicyclic amines) is 1. The van der Waals surface area contributed by atoms with E-state index in [4.69, 9.17) is 14.2 Å². The Labute approximate surface area is 156 Å². The quantitative estimate of drug-likeness (QED) is 0.464. The van der Waals surface area contributed by atoms with Gasteiger partial charge in [-0.25, -0.2) is 0 Å². The van der Waals surface area contributed by atoms with Gasteiger partial charge in [-0.2, -0.15) is 0 Å². The molecule has 26 heavy (non-hydrogen) atoms. The van der Waals surface area contributed by atoms with Gasteiger partial charge in [0.25, 0.3) is 0 Å². The molecular weight excluding hydrogens is 330 g/mol. The predicted molar refractivity (Wildman–Crippen MR) is 104 cm³/mol. The van der Waals surface area contributed by atoms with Gasteiger partial charge in [0.05, 0.1) is 21.3 Å². The van der Waals surface area contributed by atoms with Crippen LogP contribution in [0.1, 0.15) is 48.9 Å². The molecule has 0 amide bonds. The van der Waals surface area contributed by atoms with E-state index < -0.39 is 0 Å². The maximum Gasteiger partial charge on any atom is 0.170 e. The number of ether oxygens (including phenoxy) is 3. The lowest BCUT2D eigenvalue weighted by Gasteiger charge is -2.35. The molecule has 1 saturated heterocycles. The molecule has 0 bridgehead atoms. The third kappa shape index (κ3) is 5.01. The number of methoxy groups -OCH3 is 3. The van der Waals surface area contributed by atoms with E-state index in [9.17, 15) is 4.79 Å². The van der Waals surface area contributed by atoms with E-state index in [0.29, 0.717) is 35.3 Å². The highest BCUT2D eigenvalue weighted by atomic mass is 16.5. The van der Waals surface area contributed by atoms with Crippen LogP contribution in [0.5, 0.6) is 17.2 Å². The van der Waals surface area contributed by atoms with Crippen LogP contribution in [0.4, 0.5) is 0 Å². The second kappa shape index (κ2) is 10.2. The van der Waals surface area contributed by atoms with Crippen molar-refractivity contribution in [3.8, 4) is 17.2 Å². The van der Waals surface area contributed by atoms with E-state index in [1.165, 1.54) is 19.3 Å². The number of carbonyl (C=O) groups is 1. The number of rotatable bonds is 10. The van der Waals surface area contributed by atoms with E-state index in [1.807, 2.05) is 6.08 Å². The summed E-state index contributed by atoms with van der Waals surface area (Å²) in [5, 5.41) is 0. The Kier molecular flexibility index (Phi) is 7.98. The number of nitrogens with zero attached hydrogens (tertiary/aromatic N) is 1. The Morgan fingerprint density at radius 2 is 1.88 bits per heavy atom. The number of hydrogen-bond donors (Lipinski definition) is 0. The first-order valence-corrected chi connectivity index (χ1v) is 9.32. The maximum absolute atomic E-state index is 12.8. The van der Waals surface area contributed by atoms with E-state index >= 15 is 0 Å². The van der Waals surface area contributed by atoms with Gasteiger partial charge in [0.1, 0.15) is 22.8 Å². The van der Waals surface area contributed by atoms with Crippen molar-refractivity contribution in [2.75, 3.05) is 34.4 Å². The molecule has 5 heteroatoms. The molecule has 1 aromatic rings. The molecule has 0 aromatic heterocycles. The summed E-state index contributed by atoms with van der Waals surface area (Å²) in [5.74, 6) is 1.64. The third-order valence-electron chi connectivity index (χ3n) is 5.03. The minimum absolute atomic E-state index is 0.0404. The monoisotopic (exact) mass is 361 g/mol. The fourth-order valence-electron chi connectivity index (χ4n) is 3.66. The van der Waals surface area contributed by atoms with Crippen LogP contribution in [0.15, 0.2) is 24.8 Å². The maximum atomic E-state index is 12.8. The Bertz CT molecular complexity index is 589. The zero-order chi connectivity index (χ0) is 18.9. The topological polar surface area (TPSA) is 48.0 Å². The van der Waals surface area contributed by atoms with Gasteiger partial charge < -0.3 is 19.1 Å². The zero-order valence-electron chi connectivity index (χ0n) is 16.3. The van der Waals surface area contributed by atoms with Crippen LogP contribution in [0.2, 0.25) is 0 Å². The third-order valence-corrected chi connectivity index (χ3v) is 5.03. The van der Waals surface area contributed by atoms with Crippen molar-refractivity contribution in [3.05, 3.63) is 30.4 Å². The molecule has 0 aliphatic carbocycles. The van der Waals surface area contributed by atoms with Gasteiger partial charge in [0.15, 0.2) is 5.78 Å². The van der Waals surface area contributed by atoms with Crippen molar-refractivity contribution in [1.82, 2.24) is 4.90 Å². The summed E-state index contributed by atoms with van der Waals surface area (Å²) in [6.07, 6.45) is 8.06. The van der Waals surface area contributed by atoms with Gasteiger partial charge in [-0.3, -0.25) is 4.79 Å². The summed E-state index contributed by atoms with van der Waals surface area (Å²) in [6, 6.07) is 4.02. The number of piperidine rings is 1. The summed E-state index contributed by atoms with van der Waals surface area (Å²) in [6.45, 7) is 5.92. The second-order valence-corrected chi connectivity index (χ2v) is 6.64. The number of benzene rings is 1. The smallest absolute Gasteiger partial charge is 0.170 e. The van der Waals surface area contributed by atoms with Crippen LogP contribution in [0.25, 0.3) is 0 Å². The molecule has 0 N–H and O–H groups in total. The van der Waals surface area contributed by atoms with Crippen LogP contribution >= 0.6 is 0 Å². The van der Waals surface area contributed by atoms with Crippen molar-refractivity contribution in [2.45, 2.75) is 44.6 Å². The number of Topliss-reactive ketones (excluding diaryl/α,β-unsaturated/α-hetero) is 1. The van der Waals surface area contributed by atoms with Gasteiger partial charge in [-0.15, -0.1) is 6.58 Å². The van der Waals surface area contributed by atoms with Crippen molar-refractivity contribution >= 4 is 5.78 Å². The molecule has 0 saturated carbocycles. The molecule has 1 fully saturated rings. The molecule has 0 radical (unpaired) electrons. The van der Waals surface area contributed by atoms with Crippen molar-refractivity contribution in [1.29, 1.82) is 0 Å². The minimum Gasteiger partial charge on any atom is -0.496 e. The first-order valence-electron chi connectivity index (χ1n) is 9.32. The van der Waals surface area contributed by atoms with Gasteiger partial charge >= 0.3 is 0 Å². The van der Waals surface area contributed by atoms with Gasteiger partial charge in [0.2, 0.25) is 0 Å². The molecule has 1 aliphatic heterocycles. The van der Waals surface area contributed by atoms with Crippen molar-refractivity contribution in [3.63, 3.8) is 0 Å². The molecule has 144 valence electrons.